The van der Waals surface area contributed by atoms with Gasteiger partial charge in [0.2, 0.25) is 0 Å². The van der Waals surface area contributed by atoms with E-state index >= 15 is 0 Å². The molecule has 0 unspecified atom stereocenters. The lowest BCUT2D eigenvalue weighted by atomic mass is 9.91. The maximum atomic E-state index is 12.8. The average Bonchev–Trinajstić information content (AvgIpc) is 3.13. The van der Waals surface area contributed by atoms with Crippen molar-refractivity contribution in [3.63, 3.8) is 0 Å². The zero-order valence-electron chi connectivity index (χ0n) is 19.5. The third kappa shape index (κ3) is 5.98. The van der Waals surface area contributed by atoms with Gasteiger partial charge < -0.3 is 4.74 Å². The smallest absolute Gasteiger partial charge is 0.310 e. The molecule has 0 saturated carbocycles. The number of ether oxygens (including phenoxy) is 1. The van der Waals surface area contributed by atoms with E-state index in [0.29, 0.717) is 11.1 Å². The fourth-order valence-electron chi connectivity index (χ4n) is 4.23. The molecule has 0 bridgehead atoms. The third-order valence-electron chi connectivity index (χ3n) is 5.93. The van der Waals surface area contributed by atoms with Gasteiger partial charge in [-0.25, -0.2) is 0 Å². The van der Waals surface area contributed by atoms with E-state index < -0.39 is 17.8 Å². The predicted octanol–water partition coefficient (Wildman–Crippen LogP) is 5.21. The van der Waals surface area contributed by atoms with Gasteiger partial charge in [-0.05, 0) is 72.4 Å². The molecular formula is C29H31NO4. The number of rotatable bonds is 13. The summed E-state index contributed by atoms with van der Waals surface area (Å²) in [6.07, 6.45) is 10.7. The molecular weight excluding hydrogens is 426 g/mol. The Morgan fingerprint density at radius 1 is 0.853 bits per heavy atom. The summed E-state index contributed by atoms with van der Waals surface area (Å²) in [5.74, 6) is -1.36. The monoisotopic (exact) mass is 457 g/mol. The van der Waals surface area contributed by atoms with Crippen molar-refractivity contribution in [3.8, 4) is 0 Å². The number of fused-ring (bicyclic) bond motifs is 1. The molecule has 0 saturated heterocycles. The van der Waals surface area contributed by atoms with Gasteiger partial charge in [-0.1, -0.05) is 42.5 Å². The van der Waals surface area contributed by atoms with Gasteiger partial charge in [0, 0.05) is 0 Å². The first kappa shape index (κ1) is 24.9. The van der Waals surface area contributed by atoms with Crippen LogP contribution in [-0.4, -0.2) is 17.8 Å². The number of aryl methyl sites for hydroxylation is 3. The highest BCUT2D eigenvalue weighted by Crippen LogP contribution is 2.25. The highest BCUT2D eigenvalue weighted by Gasteiger charge is 2.29. The minimum absolute atomic E-state index is 0.0781. The fraction of sp³-hybridized carbons (Fsp3) is 0.276. The van der Waals surface area contributed by atoms with Gasteiger partial charge in [-0.2, -0.15) is 0 Å². The SMILES string of the molecule is C=CCCc1cc(CCC=C)c(COC(=O)Cc2cccc3c2C(=O)NC3=O)c(CCC=C)c1. The van der Waals surface area contributed by atoms with Gasteiger partial charge in [0.25, 0.3) is 11.8 Å². The lowest BCUT2D eigenvalue weighted by Gasteiger charge is -2.17. The maximum absolute atomic E-state index is 12.8. The van der Waals surface area contributed by atoms with E-state index in [2.05, 4.69) is 37.2 Å². The number of carbonyl (C=O) groups excluding carboxylic acids is 3. The van der Waals surface area contributed by atoms with E-state index in [4.69, 9.17) is 4.74 Å². The summed E-state index contributed by atoms with van der Waals surface area (Å²) in [4.78, 5) is 36.8. The predicted molar refractivity (Wildman–Crippen MR) is 134 cm³/mol. The molecule has 34 heavy (non-hydrogen) atoms. The van der Waals surface area contributed by atoms with Gasteiger partial charge in [0.15, 0.2) is 0 Å². The molecule has 0 aliphatic carbocycles. The van der Waals surface area contributed by atoms with Crippen LogP contribution in [0.25, 0.3) is 0 Å². The molecule has 2 aromatic rings. The second-order valence-electron chi connectivity index (χ2n) is 8.34. The highest BCUT2D eigenvalue weighted by molar-refractivity contribution is 6.22. The average molecular weight is 458 g/mol. The van der Waals surface area contributed by atoms with E-state index in [9.17, 15) is 14.4 Å². The molecule has 3 rings (SSSR count). The van der Waals surface area contributed by atoms with Crippen molar-refractivity contribution in [1.29, 1.82) is 0 Å². The largest absolute Gasteiger partial charge is 0.461 e. The zero-order chi connectivity index (χ0) is 24.5. The number of nitrogens with one attached hydrogen (secondary N) is 1. The quantitative estimate of drug-likeness (QED) is 0.255. The number of amides is 2. The van der Waals surface area contributed by atoms with Crippen LogP contribution in [0.1, 0.15) is 67.8 Å². The first-order valence-electron chi connectivity index (χ1n) is 11.6. The van der Waals surface area contributed by atoms with Crippen molar-refractivity contribution in [3.05, 3.63) is 107 Å². The van der Waals surface area contributed by atoms with Crippen LogP contribution in [0.4, 0.5) is 0 Å². The van der Waals surface area contributed by atoms with Gasteiger partial charge in [-0.15, -0.1) is 19.7 Å². The molecule has 1 N–H and O–H groups in total. The van der Waals surface area contributed by atoms with Crippen molar-refractivity contribution in [2.45, 2.75) is 51.6 Å². The van der Waals surface area contributed by atoms with Crippen LogP contribution in [-0.2, 0) is 41.8 Å². The Bertz CT molecular complexity index is 1100. The molecule has 1 aliphatic rings. The van der Waals surface area contributed by atoms with E-state index in [1.54, 1.807) is 18.2 Å². The van der Waals surface area contributed by atoms with Crippen LogP contribution in [0.3, 0.4) is 0 Å². The molecule has 5 heteroatoms. The molecule has 0 spiro atoms. The Labute approximate surface area is 201 Å². The van der Waals surface area contributed by atoms with Gasteiger partial charge >= 0.3 is 5.97 Å². The van der Waals surface area contributed by atoms with Gasteiger partial charge in [0.1, 0.15) is 6.61 Å². The van der Waals surface area contributed by atoms with Crippen LogP contribution in [0, 0.1) is 0 Å². The molecule has 0 radical (unpaired) electrons. The van der Waals surface area contributed by atoms with Crippen LogP contribution in [0.2, 0.25) is 0 Å². The number of hydrogen-bond donors (Lipinski definition) is 1. The minimum Gasteiger partial charge on any atom is -0.461 e. The molecule has 0 aromatic heterocycles. The summed E-state index contributed by atoms with van der Waals surface area (Å²) in [6, 6.07) is 9.30. The lowest BCUT2D eigenvalue weighted by Crippen LogP contribution is -2.20. The lowest BCUT2D eigenvalue weighted by molar-refractivity contribution is -0.144. The molecule has 0 fully saturated rings. The van der Waals surface area contributed by atoms with Crippen molar-refractivity contribution in [2.24, 2.45) is 0 Å². The maximum Gasteiger partial charge on any atom is 0.310 e. The molecule has 5 nitrogen and oxygen atoms in total. The normalized spacial score (nSPS) is 12.1. The Hall–Kier alpha value is -3.73. The Morgan fingerprint density at radius 2 is 1.47 bits per heavy atom. The standard InChI is InChI=1S/C29H31NO4/c1-4-7-11-20-16-21(12-8-5-2)25(22(17-20)13-9-6-3)19-34-26(31)18-23-14-10-15-24-27(23)29(33)30-28(24)32/h4-6,10,14-17H,1-3,7-9,11-13,18-19H2,(H,30,32,33). The molecule has 0 atom stereocenters. The number of carbonyl (C=O) groups is 3. The molecule has 176 valence electrons. The summed E-state index contributed by atoms with van der Waals surface area (Å²) in [5, 5.41) is 2.28. The first-order chi connectivity index (χ1) is 16.5. The van der Waals surface area contributed by atoms with E-state index in [1.807, 2.05) is 18.2 Å². The van der Waals surface area contributed by atoms with Crippen molar-refractivity contribution >= 4 is 17.8 Å². The van der Waals surface area contributed by atoms with Gasteiger partial charge in [0.05, 0.1) is 17.5 Å². The molecule has 1 aliphatic heterocycles. The van der Waals surface area contributed by atoms with Crippen molar-refractivity contribution in [1.82, 2.24) is 5.32 Å². The van der Waals surface area contributed by atoms with Crippen LogP contribution in [0.5, 0.6) is 0 Å². The number of imide groups is 1. The molecule has 2 amide bonds. The topological polar surface area (TPSA) is 72.5 Å². The molecule has 2 aromatic carbocycles. The molecule has 1 heterocycles. The minimum atomic E-state index is -0.475. The van der Waals surface area contributed by atoms with Crippen LogP contribution in [0.15, 0.2) is 68.3 Å². The summed E-state index contributed by atoms with van der Waals surface area (Å²) in [7, 11) is 0. The Morgan fingerprint density at radius 3 is 2.09 bits per heavy atom. The van der Waals surface area contributed by atoms with Gasteiger partial charge in [-0.3, -0.25) is 19.7 Å². The number of hydrogen-bond acceptors (Lipinski definition) is 4. The summed E-state index contributed by atoms with van der Waals surface area (Å²) in [5.41, 5.74) is 5.61. The van der Waals surface area contributed by atoms with Crippen LogP contribution < -0.4 is 5.32 Å². The number of benzene rings is 2. The van der Waals surface area contributed by atoms with E-state index in [-0.39, 0.29) is 18.6 Å². The van der Waals surface area contributed by atoms with E-state index in [1.165, 1.54) is 5.56 Å². The zero-order valence-corrected chi connectivity index (χ0v) is 19.5. The van der Waals surface area contributed by atoms with Crippen LogP contribution >= 0.6 is 0 Å². The summed E-state index contributed by atoms with van der Waals surface area (Å²) in [6.45, 7) is 11.7. The second kappa shape index (κ2) is 11.9. The first-order valence-corrected chi connectivity index (χ1v) is 11.6. The Kier molecular flexibility index (Phi) is 8.74. The Balaban J connectivity index is 1.82. The second-order valence-corrected chi connectivity index (χ2v) is 8.34. The van der Waals surface area contributed by atoms with Crippen molar-refractivity contribution in [2.75, 3.05) is 0 Å². The fourth-order valence-corrected chi connectivity index (χ4v) is 4.23. The van der Waals surface area contributed by atoms with E-state index in [0.717, 1.165) is 55.2 Å². The van der Waals surface area contributed by atoms with Crippen molar-refractivity contribution < 1.29 is 19.1 Å². The number of esters is 1. The number of allylic oxidation sites excluding steroid dienone is 3. The summed E-state index contributed by atoms with van der Waals surface area (Å²) < 4.78 is 5.69. The highest BCUT2D eigenvalue weighted by atomic mass is 16.5. The summed E-state index contributed by atoms with van der Waals surface area (Å²) >= 11 is 0. The third-order valence-corrected chi connectivity index (χ3v) is 5.93.